The first-order valence-electron chi connectivity index (χ1n) is 3.96. The summed E-state index contributed by atoms with van der Waals surface area (Å²) < 4.78 is 0. The maximum absolute atomic E-state index is 4.04. The summed E-state index contributed by atoms with van der Waals surface area (Å²) in [6.45, 7) is 4.39. The summed E-state index contributed by atoms with van der Waals surface area (Å²) in [6, 6.07) is 0. The summed E-state index contributed by atoms with van der Waals surface area (Å²) in [6.07, 6.45) is 7.11. The fourth-order valence-electron chi connectivity index (χ4n) is 0.784. The predicted octanol–water partition coefficient (Wildman–Crippen LogP) is 0.787. The van der Waals surface area contributed by atoms with Crippen LogP contribution in [0.25, 0.3) is 0 Å². The lowest BCUT2D eigenvalue weighted by molar-refractivity contribution is 0.851. The summed E-state index contributed by atoms with van der Waals surface area (Å²) in [5, 5.41) is 4.03. The molecule has 0 aromatic heterocycles. The Kier molecular flexibility index (Phi) is 3.63. The second kappa shape index (κ2) is 5.03. The summed E-state index contributed by atoms with van der Waals surface area (Å²) in [4.78, 5) is 7.85. The minimum atomic E-state index is 0.604. The van der Waals surface area contributed by atoms with Crippen molar-refractivity contribution in [2.24, 2.45) is 15.1 Å². The number of dihydropyridines is 1. The van der Waals surface area contributed by atoms with Crippen molar-refractivity contribution in [1.82, 2.24) is 5.43 Å². The zero-order valence-corrected chi connectivity index (χ0v) is 7.57. The van der Waals surface area contributed by atoms with E-state index in [4.69, 9.17) is 0 Å². The van der Waals surface area contributed by atoms with E-state index in [-0.39, 0.29) is 0 Å². The van der Waals surface area contributed by atoms with Crippen LogP contribution in [0, 0.1) is 0 Å². The Labute approximate surface area is 77.5 Å². The molecule has 0 fully saturated rings. The lowest BCUT2D eigenvalue weighted by Gasteiger charge is -2.03. The van der Waals surface area contributed by atoms with Crippen molar-refractivity contribution in [3.8, 4) is 0 Å². The summed E-state index contributed by atoms with van der Waals surface area (Å²) in [7, 11) is 1.72. The zero-order valence-electron chi connectivity index (χ0n) is 7.57. The Balaban J connectivity index is 2.47. The highest BCUT2D eigenvalue weighted by Gasteiger charge is 2.00. The molecule has 68 valence electrons. The SMILES string of the molecule is C=C1C=CC=N/C1=N/NCC=NC. The second-order valence-corrected chi connectivity index (χ2v) is 2.40. The first kappa shape index (κ1) is 9.38. The van der Waals surface area contributed by atoms with Crippen LogP contribution in [0.2, 0.25) is 0 Å². The average molecular weight is 176 g/mol. The van der Waals surface area contributed by atoms with Crippen molar-refractivity contribution in [1.29, 1.82) is 0 Å². The maximum Gasteiger partial charge on any atom is 0.178 e. The van der Waals surface area contributed by atoms with Crippen molar-refractivity contribution >= 4 is 18.3 Å². The van der Waals surface area contributed by atoms with Crippen molar-refractivity contribution in [3.05, 3.63) is 24.3 Å². The van der Waals surface area contributed by atoms with Crippen molar-refractivity contribution < 1.29 is 0 Å². The topological polar surface area (TPSA) is 49.1 Å². The molecule has 4 nitrogen and oxygen atoms in total. The van der Waals surface area contributed by atoms with Crippen LogP contribution < -0.4 is 5.43 Å². The maximum atomic E-state index is 4.04. The van der Waals surface area contributed by atoms with Crippen molar-refractivity contribution in [2.45, 2.75) is 0 Å². The normalized spacial score (nSPS) is 18.8. The molecule has 0 unspecified atom stereocenters. The van der Waals surface area contributed by atoms with Crippen molar-refractivity contribution in [3.63, 3.8) is 0 Å². The molecule has 0 bridgehead atoms. The second-order valence-electron chi connectivity index (χ2n) is 2.40. The van der Waals surface area contributed by atoms with Gasteiger partial charge in [-0.05, 0) is 6.08 Å². The fourth-order valence-corrected chi connectivity index (χ4v) is 0.784. The highest BCUT2D eigenvalue weighted by Crippen LogP contribution is 2.01. The number of allylic oxidation sites excluding steroid dienone is 1. The molecule has 13 heavy (non-hydrogen) atoms. The fraction of sp³-hybridized carbons (Fsp3) is 0.222. The third kappa shape index (κ3) is 3.02. The molecule has 1 N–H and O–H groups in total. The van der Waals surface area contributed by atoms with Crippen LogP contribution in [0.15, 0.2) is 39.4 Å². The van der Waals surface area contributed by atoms with Gasteiger partial charge in [0.25, 0.3) is 0 Å². The summed E-state index contributed by atoms with van der Waals surface area (Å²) >= 11 is 0. The standard InChI is InChI=1S/C9H12N4/c1-8-4-3-5-11-9(8)13-12-7-6-10-2/h3-6,12H,1,7H2,2H3/b10-6?,13-9+. The van der Waals surface area contributed by atoms with Crippen LogP contribution in [0.3, 0.4) is 0 Å². The predicted molar refractivity (Wildman–Crippen MR) is 56.6 cm³/mol. The number of hydrogen-bond donors (Lipinski definition) is 1. The van der Waals surface area contributed by atoms with E-state index in [9.17, 15) is 0 Å². The number of nitrogens with zero attached hydrogens (tertiary/aromatic N) is 3. The summed E-state index contributed by atoms with van der Waals surface area (Å²) in [5.41, 5.74) is 3.63. The largest absolute Gasteiger partial charge is 0.303 e. The van der Waals surface area contributed by atoms with E-state index < -0.39 is 0 Å². The molecule has 0 amide bonds. The van der Waals surface area contributed by atoms with Gasteiger partial charge >= 0.3 is 0 Å². The molecule has 0 spiro atoms. The first-order valence-corrected chi connectivity index (χ1v) is 3.96. The lowest BCUT2D eigenvalue weighted by atomic mass is 10.2. The van der Waals surface area contributed by atoms with Gasteiger partial charge in [-0.1, -0.05) is 12.7 Å². The molecule has 1 aliphatic heterocycles. The van der Waals surface area contributed by atoms with Crippen LogP contribution in [-0.4, -0.2) is 31.9 Å². The Bertz CT molecular complexity index is 297. The van der Waals surface area contributed by atoms with Crippen LogP contribution in [0.4, 0.5) is 0 Å². The number of aliphatic imine (C=N–C) groups is 2. The molecule has 0 saturated heterocycles. The van der Waals surface area contributed by atoms with E-state index >= 15 is 0 Å². The van der Waals surface area contributed by atoms with Gasteiger partial charge in [0.15, 0.2) is 5.84 Å². The minimum Gasteiger partial charge on any atom is -0.303 e. The van der Waals surface area contributed by atoms with Crippen LogP contribution >= 0.6 is 0 Å². The minimum absolute atomic E-state index is 0.604. The number of amidine groups is 1. The summed E-state index contributed by atoms with van der Waals surface area (Å²) in [5.74, 6) is 0.618. The van der Waals surface area contributed by atoms with E-state index in [0.29, 0.717) is 12.4 Å². The van der Waals surface area contributed by atoms with Crippen LogP contribution in [0.5, 0.6) is 0 Å². The Hall–Kier alpha value is -1.71. The van der Waals surface area contributed by atoms with Gasteiger partial charge in [-0.3, -0.25) is 4.99 Å². The molecule has 1 rings (SSSR count). The molecule has 0 atom stereocenters. The molecular weight excluding hydrogens is 164 g/mol. The zero-order chi connectivity index (χ0) is 9.52. The van der Waals surface area contributed by atoms with Gasteiger partial charge in [-0.25, -0.2) is 4.99 Å². The van der Waals surface area contributed by atoms with Crippen LogP contribution in [0.1, 0.15) is 0 Å². The van der Waals surface area contributed by atoms with E-state index in [1.165, 1.54) is 0 Å². The van der Waals surface area contributed by atoms with E-state index in [0.717, 1.165) is 5.57 Å². The highest BCUT2D eigenvalue weighted by molar-refractivity contribution is 6.08. The number of hydrazone groups is 1. The number of rotatable bonds is 3. The molecular formula is C9H12N4. The third-order valence-corrected chi connectivity index (χ3v) is 1.42. The van der Waals surface area contributed by atoms with Crippen molar-refractivity contribution in [2.75, 3.05) is 13.6 Å². The van der Waals surface area contributed by atoms with Gasteiger partial charge in [0.2, 0.25) is 0 Å². The van der Waals surface area contributed by atoms with E-state index in [1.54, 1.807) is 19.5 Å². The lowest BCUT2D eigenvalue weighted by Crippen LogP contribution is -2.13. The van der Waals surface area contributed by atoms with Crippen LogP contribution in [-0.2, 0) is 0 Å². The van der Waals surface area contributed by atoms with Gasteiger partial charge in [0.1, 0.15) is 0 Å². The molecule has 1 aliphatic rings. The molecule has 1 heterocycles. The first-order chi connectivity index (χ1) is 6.34. The molecule has 0 radical (unpaired) electrons. The highest BCUT2D eigenvalue weighted by atomic mass is 15.3. The molecule has 0 aromatic rings. The Morgan fingerprint density at radius 1 is 1.69 bits per heavy atom. The van der Waals surface area contributed by atoms with Gasteiger partial charge in [-0.15, -0.1) is 0 Å². The monoisotopic (exact) mass is 176 g/mol. The van der Waals surface area contributed by atoms with Gasteiger partial charge in [0, 0.05) is 25.0 Å². The molecule has 4 heteroatoms. The van der Waals surface area contributed by atoms with E-state index in [2.05, 4.69) is 27.1 Å². The molecule has 0 saturated carbocycles. The van der Waals surface area contributed by atoms with Gasteiger partial charge in [-0.2, -0.15) is 5.10 Å². The third-order valence-electron chi connectivity index (χ3n) is 1.42. The average Bonchev–Trinajstić information content (AvgIpc) is 2.15. The quantitative estimate of drug-likeness (QED) is 0.385. The Morgan fingerprint density at radius 2 is 2.54 bits per heavy atom. The number of hydrogen-bond acceptors (Lipinski definition) is 3. The molecule has 0 aliphatic carbocycles. The molecule has 0 aromatic carbocycles. The van der Waals surface area contributed by atoms with E-state index in [1.807, 2.05) is 12.2 Å². The smallest absolute Gasteiger partial charge is 0.178 e. The van der Waals surface area contributed by atoms with Gasteiger partial charge in [0.05, 0.1) is 6.54 Å². The number of nitrogens with one attached hydrogen (secondary N) is 1. The Morgan fingerprint density at radius 3 is 3.23 bits per heavy atom. The van der Waals surface area contributed by atoms with Gasteiger partial charge < -0.3 is 5.43 Å².